The van der Waals surface area contributed by atoms with Gasteiger partial charge in [-0.2, -0.15) is 0 Å². The Morgan fingerprint density at radius 3 is 2.76 bits per heavy atom. The lowest BCUT2D eigenvalue weighted by molar-refractivity contribution is 0.0533. The first-order valence-corrected chi connectivity index (χ1v) is 11.3. The third-order valence-corrected chi connectivity index (χ3v) is 6.52. The molecular formula is C26H23N3O5. The van der Waals surface area contributed by atoms with Gasteiger partial charge in [-0.1, -0.05) is 12.1 Å². The van der Waals surface area contributed by atoms with Gasteiger partial charge in [0, 0.05) is 55.1 Å². The van der Waals surface area contributed by atoms with Crippen LogP contribution >= 0.6 is 0 Å². The molecule has 1 N–H and O–H groups in total. The van der Waals surface area contributed by atoms with Crippen LogP contribution in [-0.2, 0) is 23.1 Å². The minimum absolute atomic E-state index is 0.0995. The van der Waals surface area contributed by atoms with Gasteiger partial charge in [0.2, 0.25) is 5.56 Å². The number of nitrogens with one attached hydrogen (secondary N) is 1. The summed E-state index contributed by atoms with van der Waals surface area (Å²) in [4.78, 5) is 32.8. The molecule has 0 atom stereocenters. The average Bonchev–Trinajstić information content (AvgIpc) is 3.46. The first kappa shape index (κ1) is 20.7. The molecule has 2 aliphatic rings. The van der Waals surface area contributed by atoms with Crippen LogP contribution < -0.4 is 10.3 Å². The molecule has 4 heterocycles. The Hall–Kier alpha value is -3.91. The fraction of sp³-hybridized carbons (Fsp3) is 0.269. The summed E-state index contributed by atoms with van der Waals surface area (Å²) >= 11 is 0. The molecule has 6 rings (SSSR count). The van der Waals surface area contributed by atoms with Gasteiger partial charge in [-0.3, -0.25) is 4.79 Å². The summed E-state index contributed by atoms with van der Waals surface area (Å²) in [7, 11) is 1.71. The van der Waals surface area contributed by atoms with Gasteiger partial charge in [-0.05, 0) is 37.1 Å². The summed E-state index contributed by atoms with van der Waals surface area (Å²) in [5.74, 6) is 1.74. The number of aromatic amines is 1. The van der Waals surface area contributed by atoms with Crippen molar-refractivity contribution >= 4 is 17.0 Å². The number of imidazole rings is 1. The number of rotatable bonds is 4. The highest BCUT2D eigenvalue weighted by Crippen LogP contribution is 2.41. The number of ether oxygens (including phenoxy) is 3. The first-order chi connectivity index (χ1) is 16.6. The molecule has 172 valence electrons. The number of benzene rings is 2. The van der Waals surface area contributed by atoms with Crippen molar-refractivity contribution in [1.82, 2.24) is 14.5 Å². The molecule has 0 spiro atoms. The molecule has 0 amide bonds. The van der Waals surface area contributed by atoms with Gasteiger partial charge in [0.25, 0.3) is 0 Å². The smallest absolute Gasteiger partial charge is 0.342 e. The van der Waals surface area contributed by atoms with Crippen LogP contribution in [0.25, 0.3) is 22.2 Å². The van der Waals surface area contributed by atoms with E-state index in [1.54, 1.807) is 25.4 Å². The summed E-state index contributed by atoms with van der Waals surface area (Å²) in [6, 6.07) is 12.7. The molecule has 1 saturated heterocycles. The summed E-state index contributed by atoms with van der Waals surface area (Å²) in [5.41, 5.74) is 4.24. The quantitative estimate of drug-likeness (QED) is 0.460. The second kappa shape index (κ2) is 8.14. The molecule has 1 fully saturated rings. The van der Waals surface area contributed by atoms with Crippen molar-refractivity contribution in [3.8, 4) is 22.6 Å². The lowest BCUT2D eigenvalue weighted by Crippen LogP contribution is -2.15. The molecule has 8 nitrogen and oxygen atoms in total. The molecule has 8 heteroatoms. The maximum Gasteiger partial charge on any atom is 0.342 e. The van der Waals surface area contributed by atoms with E-state index in [2.05, 4.69) is 4.98 Å². The van der Waals surface area contributed by atoms with E-state index >= 15 is 0 Å². The van der Waals surface area contributed by atoms with Crippen molar-refractivity contribution in [2.45, 2.75) is 25.4 Å². The molecule has 0 unspecified atom stereocenters. The third kappa shape index (κ3) is 3.47. The number of carbonyl (C=O) groups is 1. The highest BCUT2D eigenvalue weighted by molar-refractivity contribution is 5.97. The van der Waals surface area contributed by atoms with Crippen molar-refractivity contribution in [2.24, 2.45) is 7.05 Å². The van der Waals surface area contributed by atoms with E-state index in [-0.39, 0.29) is 18.1 Å². The fourth-order valence-electron chi connectivity index (χ4n) is 4.66. The Bertz CT molecular complexity index is 1480. The van der Waals surface area contributed by atoms with Crippen molar-refractivity contribution in [1.29, 1.82) is 0 Å². The lowest BCUT2D eigenvalue weighted by Gasteiger charge is -2.19. The fourth-order valence-corrected chi connectivity index (χ4v) is 4.66. The zero-order valence-corrected chi connectivity index (χ0v) is 18.7. The number of nitrogens with zero attached hydrogens (tertiary/aromatic N) is 2. The number of cyclic esters (lactones) is 1. The van der Waals surface area contributed by atoms with Crippen LogP contribution in [0.1, 0.15) is 40.5 Å². The number of fused-ring (bicyclic) bond motifs is 2. The van der Waals surface area contributed by atoms with Crippen LogP contribution in [0.5, 0.6) is 11.5 Å². The summed E-state index contributed by atoms with van der Waals surface area (Å²) in [6.07, 6.45) is 3.58. The molecule has 0 bridgehead atoms. The Morgan fingerprint density at radius 1 is 1.09 bits per heavy atom. The second-order valence-corrected chi connectivity index (χ2v) is 8.68. The molecule has 2 aromatic heterocycles. The molecule has 4 aromatic rings. The van der Waals surface area contributed by atoms with E-state index in [4.69, 9.17) is 19.2 Å². The second-order valence-electron chi connectivity index (χ2n) is 8.68. The first-order valence-electron chi connectivity index (χ1n) is 11.3. The van der Waals surface area contributed by atoms with Gasteiger partial charge in [-0.15, -0.1) is 0 Å². The van der Waals surface area contributed by atoms with E-state index in [1.165, 1.54) is 10.6 Å². The van der Waals surface area contributed by atoms with E-state index in [1.807, 2.05) is 24.3 Å². The Labute approximate surface area is 195 Å². The number of esters is 1. The maximum atomic E-state index is 12.4. The van der Waals surface area contributed by atoms with Crippen molar-refractivity contribution in [3.05, 3.63) is 76.0 Å². The van der Waals surface area contributed by atoms with E-state index in [9.17, 15) is 9.59 Å². The van der Waals surface area contributed by atoms with Crippen LogP contribution in [-0.4, -0.2) is 33.7 Å². The minimum Gasteiger partial charge on any atom is -0.457 e. The minimum atomic E-state index is -0.397. The predicted molar refractivity (Wildman–Crippen MR) is 125 cm³/mol. The van der Waals surface area contributed by atoms with Gasteiger partial charge in [-0.25, -0.2) is 9.78 Å². The van der Waals surface area contributed by atoms with Gasteiger partial charge in [0.05, 0.1) is 5.52 Å². The van der Waals surface area contributed by atoms with Gasteiger partial charge < -0.3 is 23.8 Å². The summed E-state index contributed by atoms with van der Waals surface area (Å²) in [5, 5.41) is 0. The maximum absolute atomic E-state index is 12.4. The van der Waals surface area contributed by atoms with E-state index in [0.717, 1.165) is 40.9 Å². The van der Waals surface area contributed by atoms with Gasteiger partial charge in [0.1, 0.15) is 29.3 Å². The Morgan fingerprint density at radius 2 is 1.94 bits per heavy atom. The largest absolute Gasteiger partial charge is 0.457 e. The Kier molecular flexibility index (Phi) is 4.95. The molecule has 0 aliphatic carbocycles. The van der Waals surface area contributed by atoms with Crippen LogP contribution in [0.15, 0.2) is 53.5 Å². The van der Waals surface area contributed by atoms with Gasteiger partial charge >= 0.3 is 5.97 Å². The molecule has 2 aromatic carbocycles. The van der Waals surface area contributed by atoms with Gasteiger partial charge in [0.15, 0.2) is 5.75 Å². The zero-order valence-electron chi connectivity index (χ0n) is 18.7. The number of hydrogen-bond acceptors (Lipinski definition) is 6. The standard InChI is InChI=1S/C26H23N3O5/c1-29-13-16(5-8-21(29)30)18-6-7-19-23(28-25(27-19)15-9-11-32-12-10-15)24(18)34-20-4-2-3-17-14-33-26(31)22(17)20/h2-8,13,15H,9-12,14H2,1H3,(H,27,28). The number of pyridine rings is 1. The third-order valence-electron chi connectivity index (χ3n) is 6.52. The number of aryl methyl sites for hydroxylation is 1. The van der Waals surface area contributed by atoms with Crippen molar-refractivity contribution < 1.29 is 19.0 Å². The average molecular weight is 457 g/mol. The van der Waals surface area contributed by atoms with Crippen LogP contribution in [0.2, 0.25) is 0 Å². The van der Waals surface area contributed by atoms with Crippen molar-refractivity contribution in [3.63, 3.8) is 0 Å². The molecule has 2 aliphatic heterocycles. The topological polar surface area (TPSA) is 95.4 Å². The SMILES string of the molecule is Cn1cc(-c2ccc3[nH]c(C4CCOCC4)nc3c2Oc2cccc3c2C(=O)OC3)ccc1=O. The van der Waals surface area contributed by atoms with E-state index in [0.29, 0.717) is 35.8 Å². The van der Waals surface area contributed by atoms with Crippen LogP contribution in [0.3, 0.4) is 0 Å². The number of carbonyl (C=O) groups excluding carboxylic acids is 1. The highest BCUT2D eigenvalue weighted by Gasteiger charge is 2.28. The number of hydrogen-bond donors (Lipinski definition) is 1. The summed E-state index contributed by atoms with van der Waals surface area (Å²) in [6.45, 7) is 1.67. The number of aromatic nitrogens is 3. The molecule has 0 radical (unpaired) electrons. The normalized spacial score (nSPS) is 16.0. The predicted octanol–water partition coefficient (Wildman–Crippen LogP) is 4.29. The van der Waals surface area contributed by atoms with Crippen LogP contribution in [0, 0.1) is 0 Å². The Balaban J connectivity index is 1.53. The zero-order chi connectivity index (χ0) is 23.2. The van der Waals surface area contributed by atoms with Crippen LogP contribution in [0.4, 0.5) is 0 Å². The summed E-state index contributed by atoms with van der Waals surface area (Å²) < 4.78 is 18.7. The van der Waals surface area contributed by atoms with Crippen molar-refractivity contribution in [2.75, 3.05) is 13.2 Å². The molecular weight excluding hydrogens is 434 g/mol. The lowest BCUT2D eigenvalue weighted by atomic mass is 10.00. The molecule has 0 saturated carbocycles. The highest BCUT2D eigenvalue weighted by atomic mass is 16.5. The van der Waals surface area contributed by atoms with E-state index < -0.39 is 5.97 Å². The number of H-pyrrole nitrogens is 1. The molecule has 34 heavy (non-hydrogen) atoms. The monoisotopic (exact) mass is 457 g/mol.